The van der Waals surface area contributed by atoms with E-state index in [1.165, 1.54) is 27.6 Å². The molecule has 0 radical (unpaired) electrons. The molecule has 3 rings (SSSR count). The zero-order valence-electron chi connectivity index (χ0n) is 17.5. The number of nitrogens with zero attached hydrogens (tertiary/aromatic N) is 4. The maximum Gasteiger partial charge on any atom is 0.295 e. The zero-order valence-corrected chi connectivity index (χ0v) is 17.5. The maximum absolute atomic E-state index is 13.4. The number of allylic oxidation sites excluding steroid dienone is 2. The van der Waals surface area contributed by atoms with E-state index < -0.39 is 12.0 Å². The lowest BCUT2D eigenvalue weighted by Gasteiger charge is -2.17. The number of aromatic nitrogens is 3. The number of fused-ring (bicyclic) bond motifs is 1. The molecule has 2 aromatic heterocycles. The molecule has 0 spiro atoms. The molecule has 0 bridgehead atoms. The van der Waals surface area contributed by atoms with Crippen LogP contribution in [0.4, 0.5) is 4.39 Å². The van der Waals surface area contributed by atoms with E-state index in [0.29, 0.717) is 17.8 Å². The van der Waals surface area contributed by atoms with Crippen molar-refractivity contribution in [1.82, 2.24) is 18.9 Å². The van der Waals surface area contributed by atoms with E-state index in [1.807, 2.05) is 19.9 Å². The highest BCUT2D eigenvalue weighted by Gasteiger charge is 2.20. The van der Waals surface area contributed by atoms with Crippen LogP contribution in [-0.2, 0) is 6.54 Å². The van der Waals surface area contributed by atoms with Crippen molar-refractivity contribution < 1.29 is 14.3 Å². The Morgan fingerprint density at radius 2 is 1.93 bits per heavy atom. The number of benzene rings is 1. The van der Waals surface area contributed by atoms with Gasteiger partial charge < -0.3 is 10.0 Å². The number of halogens is 1. The first-order chi connectivity index (χ1) is 14.2. The number of carbonyl (C=O) groups is 1. The SMILES string of the molecule is CC(C)=CCn1c(-c2ccc(F)cc2)cn2cc(C(=O)N(C)CC(C)O)nc2c1=O. The normalized spacial score (nSPS) is 12.1. The highest BCUT2D eigenvalue weighted by atomic mass is 19.1. The van der Waals surface area contributed by atoms with Crippen LogP contribution in [0.5, 0.6) is 0 Å². The van der Waals surface area contributed by atoms with Crippen molar-refractivity contribution >= 4 is 11.6 Å². The molecule has 3 aromatic rings. The minimum atomic E-state index is -0.678. The molecule has 0 saturated heterocycles. The lowest BCUT2D eigenvalue weighted by molar-refractivity contribution is 0.0699. The maximum atomic E-state index is 13.4. The summed E-state index contributed by atoms with van der Waals surface area (Å²) < 4.78 is 16.5. The van der Waals surface area contributed by atoms with E-state index in [1.54, 1.807) is 36.9 Å². The van der Waals surface area contributed by atoms with Gasteiger partial charge in [0.05, 0.1) is 11.8 Å². The molecule has 1 amide bonds. The first kappa shape index (κ1) is 21.4. The Kier molecular flexibility index (Phi) is 6.17. The Balaban J connectivity index is 2.16. The smallest absolute Gasteiger partial charge is 0.295 e. The van der Waals surface area contributed by atoms with Gasteiger partial charge in [0.2, 0.25) is 5.65 Å². The van der Waals surface area contributed by atoms with E-state index in [0.717, 1.165) is 5.57 Å². The summed E-state index contributed by atoms with van der Waals surface area (Å²) in [5.41, 5.74) is 2.18. The van der Waals surface area contributed by atoms with Crippen molar-refractivity contribution in [2.24, 2.45) is 0 Å². The standard InChI is InChI=1S/C22H25FN4O3/c1-14(2)9-10-27-19(16-5-7-17(23)8-6-16)13-26-12-18(24-20(26)22(27)30)21(29)25(4)11-15(3)28/h5-9,12-13,15,28H,10-11H2,1-4H3. The highest BCUT2D eigenvalue weighted by molar-refractivity contribution is 5.92. The van der Waals surface area contributed by atoms with Gasteiger partial charge in [-0.25, -0.2) is 9.37 Å². The van der Waals surface area contributed by atoms with E-state index in [-0.39, 0.29) is 29.3 Å². The van der Waals surface area contributed by atoms with Gasteiger partial charge in [0.25, 0.3) is 11.5 Å². The summed E-state index contributed by atoms with van der Waals surface area (Å²) in [4.78, 5) is 31.4. The summed E-state index contributed by atoms with van der Waals surface area (Å²) in [7, 11) is 1.57. The average molecular weight is 412 g/mol. The van der Waals surface area contributed by atoms with Gasteiger partial charge >= 0.3 is 0 Å². The van der Waals surface area contributed by atoms with Crippen molar-refractivity contribution in [3.05, 3.63) is 70.2 Å². The first-order valence-corrected chi connectivity index (χ1v) is 9.62. The predicted octanol–water partition coefficient (Wildman–Crippen LogP) is 2.72. The molecule has 0 aliphatic rings. The van der Waals surface area contributed by atoms with Crippen molar-refractivity contribution in [2.75, 3.05) is 13.6 Å². The van der Waals surface area contributed by atoms with E-state index in [4.69, 9.17) is 0 Å². The van der Waals surface area contributed by atoms with Gasteiger partial charge in [-0.3, -0.25) is 18.6 Å². The molecule has 0 aliphatic carbocycles. The molecule has 1 aromatic carbocycles. The minimum Gasteiger partial charge on any atom is -0.392 e. The Labute approximate surface area is 173 Å². The van der Waals surface area contributed by atoms with Crippen LogP contribution in [0, 0.1) is 5.82 Å². The average Bonchev–Trinajstić information content (AvgIpc) is 3.11. The second-order valence-corrected chi connectivity index (χ2v) is 7.61. The summed E-state index contributed by atoms with van der Waals surface area (Å²) in [6, 6.07) is 5.88. The zero-order chi connectivity index (χ0) is 22.0. The van der Waals surface area contributed by atoms with Gasteiger partial charge in [-0.2, -0.15) is 0 Å². The summed E-state index contributed by atoms with van der Waals surface area (Å²) in [6.07, 6.45) is 4.44. The number of hydrogen-bond acceptors (Lipinski definition) is 4. The van der Waals surface area contributed by atoms with Gasteiger partial charge in [-0.15, -0.1) is 0 Å². The Bertz CT molecular complexity index is 1160. The number of aliphatic hydroxyl groups excluding tert-OH is 1. The van der Waals surface area contributed by atoms with E-state index >= 15 is 0 Å². The van der Waals surface area contributed by atoms with E-state index in [2.05, 4.69) is 4.98 Å². The van der Waals surface area contributed by atoms with Crippen molar-refractivity contribution in [2.45, 2.75) is 33.4 Å². The molecule has 1 N–H and O–H groups in total. The molecule has 7 nitrogen and oxygen atoms in total. The van der Waals surface area contributed by atoms with Crippen LogP contribution < -0.4 is 5.56 Å². The Hall–Kier alpha value is -3.26. The van der Waals surface area contributed by atoms with Crippen LogP contribution in [0.1, 0.15) is 31.3 Å². The minimum absolute atomic E-state index is 0.111. The summed E-state index contributed by atoms with van der Waals surface area (Å²) in [5, 5.41) is 9.52. The molecule has 0 fully saturated rings. The molecular formula is C22H25FN4O3. The lowest BCUT2D eigenvalue weighted by atomic mass is 10.1. The van der Waals surface area contributed by atoms with E-state index in [9.17, 15) is 19.1 Å². The summed E-state index contributed by atoms with van der Waals surface area (Å²) in [5.74, 6) is -0.757. The Morgan fingerprint density at radius 3 is 2.53 bits per heavy atom. The number of amides is 1. The Morgan fingerprint density at radius 1 is 1.27 bits per heavy atom. The first-order valence-electron chi connectivity index (χ1n) is 9.62. The highest BCUT2D eigenvalue weighted by Crippen LogP contribution is 2.20. The number of carbonyl (C=O) groups excluding carboxylic acids is 1. The largest absolute Gasteiger partial charge is 0.392 e. The third-order valence-electron chi connectivity index (χ3n) is 4.65. The van der Waals surface area contributed by atoms with Gasteiger partial charge in [-0.05, 0) is 50.6 Å². The van der Waals surface area contributed by atoms with Gasteiger partial charge in [0.1, 0.15) is 11.5 Å². The monoisotopic (exact) mass is 412 g/mol. The number of aliphatic hydroxyl groups is 1. The second kappa shape index (κ2) is 8.62. The molecule has 1 atom stereocenters. The number of hydrogen-bond donors (Lipinski definition) is 1. The molecule has 8 heteroatoms. The molecule has 0 aliphatic heterocycles. The van der Waals surface area contributed by atoms with Crippen molar-refractivity contribution in [1.29, 1.82) is 0 Å². The van der Waals surface area contributed by atoms with Crippen LogP contribution in [-0.4, -0.2) is 49.6 Å². The topological polar surface area (TPSA) is 79.8 Å². The van der Waals surface area contributed by atoms with Crippen LogP contribution in [0.25, 0.3) is 16.9 Å². The van der Waals surface area contributed by atoms with Crippen LogP contribution in [0.3, 0.4) is 0 Å². The molecular weight excluding hydrogens is 387 g/mol. The molecule has 2 heterocycles. The second-order valence-electron chi connectivity index (χ2n) is 7.61. The number of imidazole rings is 1. The predicted molar refractivity (Wildman–Crippen MR) is 113 cm³/mol. The molecule has 30 heavy (non-hydrogen) atoms. The summed E-state index contributed by atoms with van der Waals surface area (Å²) in [6.45, 7) is 5.93. The van der Waals surface area contributed by atoms with Gasteiger partial charge in [-0.1, -0.05) is 11.6 Å². The third-order valence-corrected chi connectivity index (χ3v) is 4.65. The fraction of sp³-hybridized carbons (Fsp3) is 0.318. The lowest BCUT2D eigenvalue weighted by Crippen LogP contribution is -2.33. The van der Waals surface area contributed by atoms with Crippen LogP contribution in [0.2, 0.25) is 0 Å². The quantitative estimate of drug-likeness (QED) is 0.632. The summed E-state index contributed by atoms with van der Waals surface area (Å²) >= 11 is 0. The number of rotatable bonds is 6. The molecule has 1 unspecified atom stereocenters. The van der Waals surface area contributed by atoms with Crippen LogP contribution >= 0.6 is 0 Å². The fourth-order valence-corrected chi connectivity index (χ4v) is 3.17. The van der Waals surface area contributed by atoms with Gasteiger partial charge in [0, 0.05) is 32.5 Å². The molecule has 158 valence electrons. The van der Waals surface area contributed by atoms with Gasteiger partial charge in [0.15, 0.2) is 0 Å². The van der Waals surface area contributed by atoms with Crippen molar-refractivity contribution in [3.8, 4) is 11.3 Å². The number of likely N-dealkylation sites (N-methyl/N-ethyl adjacent to an activating group) is 1. The van der Waals surface area contributed by atoms with Crippen LogP contribution in [0.15, 0.2) is 53.1 Å². The molecule has 0 saturated carbocycles. The fourth-order valence-electron chi connectivity index (χ4n) is 3.17. The van der Waals surface area contributed by atoms with Crippen molar-refractivity contribution in [3.63, 3.8) is 0 Å². The third kappa shape index (κ3) is 4.49.